The van der Waals surface area contributed by atoms with E-state index >= 15 is 0 Å². The van der Waals surface area contributed by atoms with E-state index in [4.69, 9.17) is 10.5 Å². The summed E-state index contributed by atoms with van der Waals surface area (Å²) in [7, 11) is 0. The molecular formula is C25H24N2O. The van der Waals surface area contributed by atoms with Crippen LogP contribution in [-0.4, -0.2) is 0 Å². The predicted octanol–water partition coefficient (Wildman–Crippen LogP) is 5.63. The van der Waals surface area contributed by atoms with Crippen molar-refractivity contribution in [3.8, 4) is 6.07 Å². The molecule has 3 nitrogen and oxygen atoms in total. The Bertz CT molecular complexity index is 1070. The Labute approximate surface area is 166 Å². The summed E-state index contributed by atoms with van der Waals surface area (Å²) in [6, 6.07) is 18.9. The molecule has 2 aromatic carbocycles. The molecule has 1 aliphatic carbocycles. The van der Waals surface area contributed by atoms with Gasteiger partial charge in [0.2, 0.25) is 5.88 Å². The third kappa shape index (κ3) is 3.12. The van der Waals surface area contributed by atoms with Crippen LogP contribution >= 0.6 is 0 Å². The van der Waals surface area contributed by atoms with Gasteiger partial charge in [0, 0.05) is 5.92 Å². The Morgan fingerprint density at radius 3 is 2.46 bits per heavy atom. The molecule has 0 unspecified atom stereocenters. The minimum atomic E-state index is -0.129. The minimum absolute atomic E-state index is 0.129. The van der Waals surface area contributed by atoms with Crippen LogP contribution in [0.25, 0.3) is 6.08 Å². The lowest BCUT2D eigenvalue weighted by molar-refractivity contribution is 0.277. The van der Waals surface area contributed by atoms with E-state index in [1.807, 2.05) is 18.2 Å². The number of hydrogen-bond acceptors (Lipinski definition) is 3. The number of rotatable bonds is 2. The summed E-state index contributed by atoms with van der Waals surface area (Å²) in [6.45, 7) is 4.20. The first kappa shape index (κ1) is 18.1. The van der Waals surface area contributed by atoms with Crippen molar-refractivity contribution in [1.29, 1.82) is 5.26 Å². The van der Waals surface area contributed by atoms with Crippen LogP contribution in [-0.2, 0) is 4.74 Å². The van der Waals surface area contributed by atoms with Gasteiger partial charge in [-0.25, -0.2) is 0 Å². The fourth-order valence-electron chi connectivity index (χ4n) is 4.24. The average Bonchev–Trinajstić information content (AvgIpc) is 2.70. The molecule has 28 heavy (non-hydrogen) atoms. The summed E-state index contributed by atoms with van der Waals surface area (Å²) in [5, 5.41) is 9.81. The third-order valence-electron chi connectivity index (χ3n) is 5.73. The van der Waals surface area contributed by atoms with Gasteiger partial charge in [0.05, 0.1) is 0 Å². The fraction of sp³-hybridized carbons (Fsp3) is 0.240. The molecule has 1 heterocycles. The van der Waals surface area contributed by atoms with Gasteiger partial charge in [0.1, 0.15) is 17.4 Å². The summed E-state index contributed by atoms with van der Waals surface area (Å²) >= 11 is 0. The molecule has 1 aliphatic heterocycles. The molecule has 0 fully saturated rings. The smallest absolute Gasteiger partial charge is 0.205 e. The van der Waals surface area contributed by atoms with Gasteiger partial charge in [-0.05, 0) is 72.6 Å². The van der Waals surface area contributed by atoms with Crippen LogP contribution < -0.4 is 5.73 Å². The lowest BCUT2D eigenvalue weighted by Crippen LogP contribution is -2.24. The number of ether oxygens (including phenoxy) is 1. The number of aryl methyl sites for hydroxylation is 2. The maximum atomic E-state index is 9.81. The van der Waals surface area contributed by atoms with Crippen molar-refractivity contribution in [3.05, 3.63) is 99.1 Å². The maximum Gasteiger partial charge on any atom is 0.205 e. The standard InChI is InChI=1S/C25H24N2O/c1-16-8-3-5-10-18(16)14-19-11-7-13-21-23(20-12-6-4-9-17(20)2)22(15-26)25(27)28-24(19)21/h3-6,8-10,12,14,23H,7,11,13,27H2,1-2H3/b19-14+/t23-/m0/s1. The predicted molar refractivity (Wildman–Crippen MR) is 112 cm³/mol. The van der Waals surface area contributed by atoms with Gasteiger partial charge in [-0.2, -0.15) is 5.26 Å². The molecule has 2 aliphatic rings. The molecule has 0 aromatic heterocycles. The quantitative estimate of drug-likeness (QED) is 0.747. The number of hydrogen-bond donors (Lipinski definition) is 1. The Morgan fingerprint density at radius 1 is 1.04 bits per heavy atom. The molecule has 4 rings (SSSR count). The van der Waals surface area contributed by atoms with Gasteiger partial charge in [0.15, 0.2) is 0 Å². The Hall–Kier alpha value is -3.25. The minimum Gasteiger partial charge on any atom is -0.440 e. The van der Waals surface area contributed by atoms with Crippen molar-refractivity contribution in [2.45, 2.75) is 39.0 Å². The summed E-state index contributed by atoms with van der Waals surface area (Å²) in [5.41, 5.74) is 13.8. The number of nitriles is 1. The molecule has 2 aromatic rings. The zero-order valence-corrected chi connectivity index (χ0v) is 16.3. The van der Waals surface area contributed by atoms with Crippen molar-refractivity contribution in [2.75, 3.05) is 0 Å². The molecule has 0 saturated heterocycles. The topological polar surface area (TPSA) is 59.0 Å². The molecule has 140 valence electrons. The lowest BCUT2D eigenvalue weighted by Gasteiger charge is -2.34. The van der Waals surface area contributed by atoms with E-state index in [0.29, 0.717) is 5.57 Å². The largest absolute Gasteiger partial charge is 0.440 e. The number of allylic oxidation sites excluding steroid dienone is 3. The van der Waals surface area contributed by atoms with E-state index in [0.717, 1.165) is 41.7 Å². The van der Waals surface area contributed by atoms with Gasteiger partial charge < -0.3 is 10.5 Å². The van der Waals surface area contributed by atoms with Crippen LogP contribution in [0.2, 0.25) is 0 Å². The summed E-state index contributed by atoms with van der Waals surface area (Å²) in [4.78, 5) is 0. The van der Waals surface area contributed by atoms with E-state index in [-0.39, 0.29) is 11.8 Å². The van der Waals surface area contributed by atoms with Gasteiger partial charge in [-0.15, -0.1) is 0 Å². The van der Waals surface area contributed by atoms with Gasteiger partial charge in [0.25, 0.3) is 0 Å². The maximum absolute atomic E-state index is 9.81. The van der Waals surface area contributed by atoms with Crippen LogP contribution in [0.3, 0.4) is 0 Å². The Balaban J connectivity index is 1.88. The zero-order chi connectivity index (χ0) is 19.7. The van der Waals surface area contributed by atoms with Crippen LogP contribution in [0, 0.1) is 25.2 Å². The second kappa shape index (κ2) is 7.40. The first-order valence-corrected chi connectivity index (χ1v) is 9.73. The highest BCUT2D eigenvalue weighted by Crippen LogP contribution is 2.47. The zero-order valence-electron chi connectivity index (χ0n) is 16.3. The van der Waals surface area contributed by atoms with Gasteiger partial charge >= 0.3 is 0 Å². The highest BCUT2D eigenvalue weighted by molar-refractivity contribution is 5.64. The summed E-state index contributed by atoms with van der Waals surface area (Å²) < 4.78 is 6.06. The summed E-state index contributed by atoms with van der Waals surface area (Å²) in [5.74, 6) is 0.960. The first-order chi connectivity index (χ1) is 13.6. The van der Waals surface area contributed by atoms with E-state index in [9.17, 15) is 5.26 Å². The molecule has 3 heteroatoms. The van der Waals surface area contributed by atoms with Gasteiger partial charge in [-0.1, -0.05) is 48.5 Å². The fourth-order valence-corrected chi connectivity index (χ4v) is 4.24. The van der Waals surface area contributed by atoms with Crippen LogP contribution in [0.5, 0.6) is 0 Å². The molecule has 0 bridgehead atoms. The van der Waals surface area contributed by atoms with Crippen molar-refractivity contribution in [3.63, 3.8) is 0 Å². The van der Waals surface area contributed by atoms with Crippen molar-refractivity contribution >= 4 is 6.08 Å². The van der Waals surface area contributed by atoms with Gasteiger partial charge in [-0.3, -0.25) is 0 Å². The average molecular weight is 368 g/mol. The van der Waals surface area contributed by atoms with E-state index < -0.39 is 0 Å². The first-order valence-electron chi connectivity index (χ1n) is 9.73. The molecule has 0 saturated carbocycles. The van der Waals surface area contributed by atoms with Crippen molar-refractivity contribution in [2.24, 2.45) is 5.73 Å². The van der Waals surface area contributed by atoms with E-state index in [1.54, 1.807) is 0 Å². The van der Waals surface area contributed by atoms with E-state index in [1.165, 1.54) is 16.7 Å². The van der Waals surface area contributed by atoms with Crippen LogP contribution in [0.1, 0.15) is 47.4 Å². The Morgan fingerprint density at radius 2 is 1.75 bits per heavy atom. The molecule has 1 atom stereocenters. The Kier molecular flexibility index (Phi) is 4.79. The van der Waals surface area contributed by atoms with Crippen LogP contribution in [0.4, 0.5) is 0 Å². The van der Waals surface area contributed by atoms with Crippen molar-refractivity contribution in [1.82, 2.24) is 0 Å². The van der Waals surface area contributed by atoms with Crippen LogP contribution in [0.15, 0.2) is 76.9 Å². The second-order valence-corrected chi connectivity index (χ2v) is 7.52. The summed E-state index contributed by atoms with van der Waals surface area (Å²) in [6.07, 6.45) is 5.12. The SMILES string of the molecule is Cc1ccccc1/C=C1\CCCC2=C1OC(N)=C(C#N)[C@H]2c1ccccc1C. The van der Waals surface area contributed by atoms with Crippen molar-refractivity contribution < 1.29 is 4.74 Å². The number of nitrogens with two attached hydrogens (primary N) is 1. The number of benzene rings is 2. The highest BCUT2D eigenvalue weighted by atomic mass is 16.5. The lowest BCUT2D eigenvalue weighted by atomic mass is 9.76. The number of nitrogens with zero attached hydrogens (tertiary/aromatic N) is 1. The third-order valence-corrected chi connectivity index (χ3v) is 5.73. The van der Waals surface area contributed by atoms with E-state index in [2.05, 4.69) is 56.3 Å². The monoisotopic (exact) mass is 368 g/mol. The normalized spacial score (nSPS) is 20.6. The molecule has 0 spiro atoms. The molecule has 0 radical (unpaired) electrons. The highest BCUT2D eigenvalue weighted by Gasteiger charge is 2.36. The second-order valence-electron chi connectivity index (χ2n) is 7.52. The molecular weight excluding hydrogens is 344 g/mol. The molecule has 2 N–H and O–H groups in total. The molecule has 0 amide bonds.